The molecule has 21 heavy (non-hydrogen) atoms. The van der Waals surface area contributed by atoms with Gasteiger partial charge in [-0.2, -0.15) is 13.2 Å². The molecule has 0 spiro atoms. The molecule has 0 aliphatic carbocycles. The third kappa shape index (κ3) is 4.60. The van der Waals surface area contributed by atoms with Gasteiger partial charge in [-0.1, -0.05) is 0 Å². The number of nitro groups is 1. The van der Waals surface area contributed by atoms with E-state index in [1.165, 1.54) is 0 Å². The minimum atomic E-state index is -4.97. The number of anilines is 1. The Labute approximate surface area is 114 Å². The third-order valence-corrected chi connectivity index (χ3v) is 2.14. The van der Waals surface area contributed by atoms with Crippen LogP contribution >= 0.6 is 0 Å². The summed E-state index contributed by atoms with van der Waals surface area (Å²) in [5.41, 5.74) is -3.03. The van der Waals surface area contributed by atoms with Gasteiger partial charge in [0, 0.05) is 23.9 Å². The number of nitrogens with zero attached hydrogens (tertiary/aromatic N) is 1. The van der Waals surface area contributed by atoms with Crippen molar-refractivity contribution in [2.75, 3.05) is 5.32 Å². The van der Waals surface area contributed by atoms with Crippen LogP contribution in [0.25, 0.3) is 0 Å². The number of benzene rings is 1. The zero-order valence-electron chi connectivity index (χ0n) is 10.0. The summed E-state index contributed by atoms with van der Waals surface area (Å²) in [6.07, 6.45) is -3.89. The van der Waals surface area contributed by atoms with Gasteiger partial charge in [0.2, 0.25) is 5.91 Å². The standard InChI is InChI=1S/C11H7F3N2O5/c12-11(13,14)7-5-6(1-2-8(7)16(20)21)15-9(17)3-4-10(18)19/h1-5H,(H,15,17)(H,18,19)/b4-3+. The monoisotopic (exact) mass is 304 g/mol. The Morgan fingerprint density at radius 1 is 1.29 bits per heavy atom. The van der Waals surface area contributed by atoms with Crippen molar-refractivity contribution in [1.29, 1.82) is 0 Å². The van der Waals surface area contributed by atoms with Crippen LogP contribution in [0.1, 0.15) is 5.56 Å². The molecule has 0 saturated carbocycles. The van der Waals surface area contributed by atoms with Crippen molar-refractivity contribution in [2.24, 2.45) is 0 Å². The number of rotatable bonds is 4. The van der Waals surface area contributed by atoms with Crippen molar-refractivity contribution in [3.63, 3.8) is 0 Å². The Bertz CT molecular complexity index is 625. The smallest absolute Gasteiger partial charge is 0.423 e. The summed E-state index contributed by atoms with van der Waals surface area (Å²) >= 11 is 0. The average Bonchev–Trinajstić information content (AvgIpc) is 2.35. The maximum absolute atomic E-state index is 12.7. The molecule has 10 heteroatoms. The Morgan fingerprint density at radius 2 is 1.90 bits per heavy atom. The van der Waals surface area contributed by atoms with E-state index in [0.29, 0.717) is 24.3 Å². The predicted octanol–water partition coefficient (Wildman–Crippen LogP) is 2.19. The molecule has 0 saturated heterocycles. The minimum Gasteiger partial charge on any atom is -0.478 e. The van der Waals surface area contributed by atoms with Crippen LogP contribution in [0.5, 0.6) is 0 Å². The minimum absolute atomic E-state index is 0.354. The van der Waals surface area contributed by atoms with Gasteiger partial charge in [0.15, 0.2) is 0 Å². The molecular formula is C11H7F3N2O5. The molecule has 1 aromatic carbocycles. The quantitative estimate of drug-likeness (QED) is 0.503. The average molecular weight is 304 g/mol. The number of aliphatic carboxylic acids is 1. The van der Waals surface area contributed by atoms with E-state index in [1.807, 2.05) is 5.32 Å². The van der Waals surface area contributed by atoms with Crippen molar-refractivity contribution in [2.45, 2.75) is 6.18 Å². The fraction of sp³-hybridized carbons (Fsp3) is 0.0909. The van der Waals surface area contributed by atoms with Crippen molar-refractivity contribution in [3.8, 4) is 0 Å². The summed E-state index contributed by atoms with van der Waals surface area (Å²) in [6, 6.07) is 1.89. The van der Waals surface area contributed by atoms with E-state index >= 15 is 0 Å². The molecule has 2 N–H and O–H groups in total. The molecule has 7 nitrogen and oxygen atoms in total. The number of carboxylic acids is 1. The molecule has 0 atom stereocenters. The summed E-state index contributed by atoms with van der Waals surface area (Å²) in [7, 11) is 0. The summed E-state index contributed by atoms with van der Waals surface area (Å²) in [5, 5.41) is 20.8. The highest BCUT2D eigenvalue weighted by atomic mass is 19.4. The number of alkyl halides is 3. The molecule has 0 radical (unpaired) electrons. The number of nitrogens with one attached hydrogen (secondary N) is 1. The molecule has 0 fully saturated rings. The molecule has 0 bridgehead atoms. The van der Waals surface area contributed by atoms with E-state index in [0.717, 1.165) is 6.07 Å². The summed E-state index contributed by atoms with van der Waals surface area (Å²) in [4.78, 5) is 30.7. The van der Waals surface area contributed by atoms with Crippen LogP contribution in [0, 0.1) is 10.1 Å². The number of amides is 1. The first-order valence-electron chi connectivity index (χ1n) is 5.19. The maximum Gasteiger partial charge on any atom is 0.423 e. The SMILES string of the molecule is O=C(O)/C=C/C(=O)Nc1ccc([N+](=O)[O-])c(C(F)(F)F)c1. The second kappa shape index (κ2) is 6.03. The number of carbonyl (C=O) groups excluding carboxylic acids is 1. The topological polar surface area (TPSA) is 110 Å². The van der Waals surface area contributed by atoms with E-state index in [2.05, 4.69) is 0 Å². The highest BCUT2D eigenvalue weighted by Gasteiger charge is 2.38. The molecule has 0 aliphatic heterocycles. The van der Waals surface area contributed by atoms with Gasteiger partial charge in [0.05, 0.1) is 4.92 Å². The van der Waals surface area contributed by atoms with Crippen LogP contribution in [0.2, 0.25) is 0 Å². The molecular weight excluding hydrogens is 297 g/mol. The summed E-state index contributed by atoms with van der Waals surface area (Å²) < 4.78 is 38.0. The number of nitro benzene ring substituents is 1. The fourth-order valence-corrected chi connectivity index (χ4v) is 1.33. The summed E-state index contributed by atoms with van der Waals surface area (Å²) in [5.74, 6) is -2.40. The molecule has 0 heterocycles. The Hall–Kier alpha value is -2.91. The number of carbonyl (C=O) groups is 2. The maximum atomic E-state index is 12.7. The normalized spacial score (nSPS) is 11.4. The van der Waals surface area contributed by atoms with E-state index in [9.17, 15) is 32.9 Å². The number of halogens is 3. The van der Waals surface area contributed by atoms with Gasteiger partial charge in [-0.3, -0.25) is 14.9 Å². The lowest BCUT2D eigenvalue weighted by atomic mass is 10.1. The molecule has 1 amide bonds. The lowest BCUT2D eigenvalue weighted by Gasteiger charge is -2.09. The first-order chi connectivity index (χ1) is 9.61. The van der Waals surface area contributed by atoms with Gasteiger partial charge in [0.1, 0.15) is 5.56 Å². The highest BCUT2D eigenvalue weighted by molar-refractivity contribution is 6.02. The zero-order chi connectivity index (χ0) is 16.2. The second-order valence-electron chi connectivity index (χ2n) is 3.65. The van der Waals surface area contributed by atoms with Crippen molar-refractivity contribution < 1.29 is 32.8 Å². The van der Waals surface area contributed by atoms with E-state index < -0.39 is 34.2 Å². The molecule has 112 valence electrons. The van der Waals surface area contributed by atoms with Crippen LogP contribution < -0.4 is 5.32 Å². The van der Waals surface area contributed by atoms with Crippen molar-refractivity contribution in [1.82, 2.24) is 0 Å². The van der Waals surface area contributed by atoms with Gasteiger partial charge in [0.25, 0.3) is 5.69 Å². The lowest BCUT2D eigenvalue weighted by Crippen LogP contribution is -2.12. The lowest BCUT2D eigenvalue weighted by molar-refractivity contribution is -0.388. The molecule has 0 aromatic heterocycles. The van der Waals surface area contributed by atoms with Gasteiger partial charge < -0.3 is 10.4 Å². The fourth-order valence-electron chi connectivity index (χ4n) is 1.33. The molecule has 0 unspecified atom stereocenters. The van der Waals surface area contributed by atoms with Gasteiger partial charge in [-0.25, -0.2) is 4.79 Å². The summed E-state index contributed by atoms with van der Waals surface area (Å²) in [6.45, 7) is 0. The highest BCUT2D eigenvalue weighted by Crippen LogP contribution is 2.37. The molecule has 1 rings (SSSR count). The second-order valence-corrected chi connectivity index (χ2v) is 3.65. The first-order valence-corrected chi connectivity index (χ1v) is 5.19. The van der Waals surface area contributed by atoms with Crippen molar-refractivity contribution >= 4 is 23.3 Å². The molecule has 1 aromatic rings. The van der Waals surface area contributed by atoms with E-state index in [-0.39, 0.29) is 5.69 Å². The van der Waals surface area contributed by atoms with Gasteiger partial charge in [-0.15, -0.1) is 0 Å². The zero-order valence-corrected chi connectivity index (χ0v) is 10.0. The van der Waals surface area contributed by atoms with Gasteiger partial charge in [-0.05, 0) is 12.1 Å². The third-order valence-electron chi connectivity index (χ3n) is 2.14. The number of hydrogen-bond acceptors (Lipinski definition) is 4. The Kier molecular flexibility index (Phi) is 4.64. The van der Waals surface area contributed by atoms with E-state index in [4.69, 9.17) is 5.11 Å². The Morgan fingerprint density at radius 3 is 2.38 bits per heavy atom. The van der Waals surface area contributed by atoms with Gasteiger partial charge >= 0.3 is 12.1 Å². The van der Waals surface area contributed by atoms with Crippen LogP contribution in [-0.2, 0) is 15.8 Å². The predicted molar refractivity (Wildman–Crippen MR) is 63.5 cm³/mol. The van der Waals surface area contributed by atoms with Crippen LogP contribution in [0.3, 0.4) is 0 Å². The number of carboxylic acid groups (broad SMARTS) is 1. The van der Waals surface area contributed by atoms with Crippen molar-refractivity contribution in [3.05, 3.63) is 46.0 Å². The van der Waals surface area contributed by atoms with Crippen LogP contribution in [0.15, 0.2) is 30.4 Å². The van der Waals surface area contributed by atoms with Crippen LogP contribution in [0.4, 0.5) is 24.5 Å². The largest absolute Gasteiger partial charge is 0.478 e. The molecule has 0 aliphatic rings. The first kappa shape index (κ1) is 16.1. The number of hydrogen-bond donors (Lipinski definition) is 2. The van der Waals surface area contributed by atoms with E-state index in [1.54, 1.807) is 0 Å². The van der Waals surface area contributed by atoms with Crippen LogP contribution in [-0.4, -0.2) is 21.9 Å². The Balaban J connectivity index is 3.09.